The molecule has 0 radical (unpaired) electrons. The Hall–Kier alpha value is -0.730. The first-order valence-corrected chi connectivity index (χ1v) is 7.38. The lowest BCUT2D eigenvalue weighted by atomic mass is 9.92. The van der Waals surface area contributed by atoms with Crippen LogP contribution in [-0.2, 0) is 0 Å². The van der Waals surface area contributed by atoms with Gasteiger partial charge in [-0.05, 0) is 31.0 Å². The van der Waals surface area contributed by atoms with Crippen molar-refractivity contribution in [3.8, 4) is 5.75 Å². The van der Waals surface area contributed by atoms with Gasteiger partial charge in [0.15, 0.2) is 0 Å². The Balaban J connectivity index is 2.05. The van der Waals surface area contributed by atoms with E-state index in [1.54, 1.807) is 0 Å². The third kappa shape index (κ3) is 3.39. The van der Waals surface area contributed by atoms with E-state index in [-0.39, 0.29) is 0 Å². The second-order valence-corrected chi connectivity index (χ2v) is 5.24. The summed E-state index contributed by atoms with van der Waals surface area (Å²) >= 11 is 5.88. The van der Waals surface area contributed by atoms with Gasteiger partial charge in [0.2, 0.25) is 0 Å². The summed E-state index contributed by atoms with van der Waals surface area (Å²) in [4.78, 5) is 2.47. The molecule has 1 atom stereocenters. The molecule has 0 bridgehead atoms. The lowest BCUT2D eigenvalue weighted by molar-refractivity contribution is 0.217. The summed E-state index contributed by atoms with van der Waals surface area (Å²) < 4.78 is 5.71. The Morgan fingerprint density at radius 2 is 2.17 bits per heavy atom. The highest BCUT2D eigenvalue weighted by atomic mass is 35.5. The highest BCUT2D eigenvalue weighted by Gasteiger charge is 2.22. The third-order valence-corrected chi connectivity index (χ3v) is 3.67. The van der Waals surface area contributed by atoms with Crippen LogP contribution in [0.3, 0.4) is 0 Å². The predicted molar refractivity (Wildman–Crippen MR) is 76.7 cm³/mol. The molecule has 0 spiro atoms. The molecule has 0 fully saturated rings. The number of benzene rings is 1. The van der Waals surface area contributed by atoms with Crippen LogP contribution in [0.25, 0.3) is 0 Å². The molecule has 3 heteroatoms. The maximum atomic E-state index is 5.88. The number of hydrogen-bond acceptors (Lipinski definition) is 2. The van der Waals surface area contributed by atoms with Gasteiger partial charge in [0.05, 0.1) is 6.61 Å². The van der Waals surface area contributed by atoms with Gasteiger partial charge in [0.25, 0.3) is 0 Å². The van der Waals surface area contributed by atoms with Crippen molar-refractivity contribution in [2.75, 3.05) is 32.1 Å². The summed E-state index contributed by atoms with van der Waals surface area (Å²) in [5.74, 6) is 2.37. The Labute approximate surface area is 115 Å². The summed E-state index contributed by atoms with van der Waals surface area (Å²) in [6.07, 6.45) is 2.29. The van der Waals surface area contributed by atoms with Crippen LogP contribution in [0.4, 0.5) is 0 Å². The van der Waals surface area contributed by atoms with E-state index in [0.29, 0.717) is 11.8 Å². The topological polar surface area (TPSA) is 12.5 Å². The van der Waals surface area contributed by atoms with Gasteiger partial charge in [-0.25, -0.2) is 0 Å². The average Bonchev–Trinajstić information content (AvgIpc) is 2.40. The van der Waals surface area contributed by atoms with Gasteiger partial charge in [-0.1, -0.05) is 25.1 Å². The first kappa shape index (κ1) is 13.7. The molecular formula is C15H22ClNO. The van der Waals surface area contributed by atoms with Gasteiger partial charge < -0.3 is 9.64 Å². The number of alkyl halides is 1. The summed E-state index contributed by atoms with van der Waals surface area (Å²) in [6, 6.07) is 8.42. The van der Waals surface area contributed by atoms with E-state index in [0.717, 1.165) is 38.4 Å². The molecule has 100 valence electrons. The van der Waals surface area contributed by atoms with Gasteiger partial charge in [0, 0.05) is 24.9 Å². The van der Waals surface area contributed by atoms with E-state index in [1.807, 2.05) is 6.07 Å². The van der Waals surface area contributed by atoms with Crippen molar-refractivity contribution in [3.63, 3.8) is 0 Å². The SMILES string of the molecule is CCCN(CCCl)CC1CCOc2ccccc21. The zero-order valence-electron chi connectivity index (χ0n) is 11.1. The minimum atomic E-state index is 0.588. The van der Waals surface area contributed by atoms with Crippen LogP contribution in [0.2, 0.25) is 0 Å². The predicted octanol–water partition coefficient (Wildman–Crippen LogP) is 3.50. The minimum Gasteiger partial charge on any atom is -0.493 e. The van der Waals surface area contributed by atoms with Crippen LogP contribution in [-0.4, -0.2) is 37.0 Å². The molecule has 2 rings (SSSR count). The number of rotatable bonds is 6. The van der Waals surface area contributed by atoms with Crippen molar-refractivity contribution in [2.45, 2.75) is 25.7 Å². The van der Waals surface area contributed by atoms with Gasteiger partial charge in [-0.3, -0.25) is 0 Å². The minimum absolute atomic E-state index is 0.588. The molecule has 18 heavy (non-hydrogen) atoms. The highest BCUT2D eigenvalue weighted by molar-refractivity contribution is 6.18. The maximum Gasteiger partial charge on any atom is 0.122 e. The van der Waals surface area contributed by atoms with Crippen molar-refractivity contribution < 1.29 is 4.74 Å². The van der Waals surface area contributed by atoms with Crippen molar-refractivity contribution in [3.05, 3.63) is 29.8 Å². The Kier molecular flexibility index (Phi) is 5.33. The van der Waals surface area contributed by atoms with Crippen molar-refractivity contribution in [1.82, 2.24) is 4.90 Å². The number of hydrogen-bond donors (Lipinski definition) is 0. The van der Waals surface area contributed by atoms with Crippen LogP contribution in [0, 0.1) is 0 Å². The van der Waals surface area contributed by atoms with E-state index in [2.05, 4.69) is 30.0 Å². The number of nitrogens with zero attached hydrogens (tertiary/aromatic N) is 1. The zero-order chi connectivity index (χ0) is 12.8. The van der Waals surface area contributed by atoms with Crippen molar-refractivity contribution in [1.29, 1.82) is 0 Å². The van der Waals surface area contributed by atoms with Gasteiger partial charge in [-0.15, -0.1) is 11.6 Å². The van der Waals surface area contributed by atoms with E-state index < -0.39 is 0 Å². The van der Waals surface area contributed by atoms with Crippen molar-refractivity contribution in [2.24, 2.45) is 0 Å². The van der Waals surface area contributed by atoms with Crippen LogP contribution in [0.1, 0.15) is 31.2 Å². The molecule has 2 nitrogen and oxygen atoms in total. The fraction of sp³-hybridized carbons (Fsp3) is 0.600. The summed E-state index contributed by atoms with van der Waals surface area (Å²) in [6.45, 7) is 6.27. The van der Waals surface area contributed by atoms with E-state index in [4.69, 9.17) is 16.3 Å². The molecule has 1 unspecified atom stereocenters. The lowest BCUT2D eigenvalue weighted by Gasteiger charge is -2.31. The highest BCUT2D eigenvalue weighted by Crippen LogP contribution is 2.33. The maximum absolute atomic E-state index is 5.88. The Bertz CT molecular complexity index is 363. The summed E-state index contributed by atoms with van der Waals surface area (Å²) in [5, 5.41) is 0. The second-order valence-electron chi connectivity index (χ2n) is 4.86. The van der Waals surface area contributed by atoms with Crippen molar-refractivity contribution >= 4 is 11.6 Å². The molecule has 1 aromatic rings. The summed E-state index contributed by atoms with van der Waals surface area (Å²) in [5.41, 5.74) is 1.36. The number of para-hydroxylation sites is 1. The van der Waals surface area contributed by atoms with E-state index in [9.17, 15) is 0 Å². The van der Waals surface area contributed by atoms with Gasteiger partial charge >= 0.3 is 0 Å². The average molecular weight is 268 g/mol. The second kappa shape index (κ2) is 7.01. The van der Waals surface area contributed by atoms with Crippen LogP contribution < -0.4 is 4.74 Å². The molecule has 1 aliphatic rings. The van der Waals surface area contributed by atoms with E-state index in [1.165, 1.54) is 12.0 Å². The molecule has 0 amide bonds. The fourth-order valence-corrected chi connectivity index (χ4v) is 2.89. The first-order chi connectivity index (χ1) is 8.85. The molecule has 1 heterocycles. The van der Waals surface area contributed by atoms with Crippen LogP contribution >= 0.6 is 11.6 Å². The molecule has 0 saturated carbocycles. The zero-order valence-corrected chi connectivity index (χ0v) is 11.8. The molecule has 1 aromatic carbocycles. The Morgan fingerprint density at radius 3 is 2.94 bits per heavy atom. The Morgan fingerprint density at radius 1 is 1.33 bits per heavy atom. The fourth-order valence-electron chi connectivity index (χ4n) is 2.65. The van der Waals surface area contributed by atoms with E-state index >= 15 is 0 Å². The largest absolute Gasteiger partial charge is 0.493 e. The first-order valence-electron chi connectivity index (χ1n) is 6.85. The molecule has 0 N–H and O–H groups in total. The molecule has 0 aromatic heterocycles. The number of halogens is 1. The molecule has 0 aliphatic carbocycles. The molecule has 0 saturated heterocycles. The quantitative estimate of drug-likeness (QED) is 0.732. The van der Waals surface area contributed by atoms with Crippen LogP contribution in [0.5, 0.6) is 5.75 Å². The standard InChI is InChI=1S/C15H22ClNO/c1-2-9-17(10-8-16)12-13-7-11-18-15-6-4-3-5-14(13)15/h3-6,13H,2,7-12H2,1H3. The lowest BCUT2D eigenvalue weighted by Crippen LogP contribution is -2.33. The van der Waals surface area contributed by atoms with Gasteiger partial charge in [-0.2, -0.15) is 0 Å². The molecule has 1 aliphatic heterocycles. The summed E-state index contributed by atoms with van der Waals surface area (Å²) in [7, 11) is 0. The smallest absolute Gasteiger partial charge is 0.122 e. The molecular weight excluding hydrogens is 246 g/mol. The van der Waals surface area contributed by atoms with Crippen LogP contribution in [0.15, 0.2) is 24.3 Å². The monoisotopic (exact) mass is 267 g/mol. The van der Waals surface area contributed by atoms with Gasteiger partial charge in [0.1, 0.15) is 5.75 Å². The number of fused-ring (bicyclic) bond motifs is 1. The number of ether oxygens (including phenoxy) is 1. The normalized spacial score (nSPS) is 18.5. The third-order valence-electron chi connectivity index (χ3n) is 3.50.